The first kappa shape index (κ1) is 44.6. The Morgan fingerprint density at radius 2 is 0.650 bits per heavy atom. The minimum absolute atomic E-state index is 0.311. The molecule has 0 radical (unpaired) electrons. The lowest BCUT2D eigenvalue weighted by molar-refractivity contribution is 0.450. The Morgan fingerprint density at radius 1 is 0.375 bits per heavy atom. The van der Waals surface area contributed by atoms with Gasteiger partial charge >= 0.3 is 0 Å². The van der Waals surface area contributed by atoms with Crippen LogP contribution in [-0.2, 0) is 0 Å². The molecule has 0 nitrogen and oxygen atoms in total. The van der Waals surface area contributed by atoms with Gasteiger partial charge in [0.1, 0.15) is 0 Å². The number of alkyl halides is 16. The van der Waals surface area contributed by atoms with Crippen LogP contribution in [0.3, 0.4) is 0 Å². The predicted molar refractivity (Wildman–Crippen MR) is 191 cm³/mol. The lowest BCUT2D eigenvalue weighted by Gasteiger charge is -2.53. The topological polar surface area (TPSA) is 0 Å². The van der Waals surface area contributed by atoms with E-state index in [1.165, 1.54) is 64.2 Å². The van der Waals surface area contributed by atoms with Crippen molar-refractivity contribution in [1.29, 1.82) is 0 Å². The van der Waals surface area contributed by atoms with Crippen molar-refractivity contribution in [1.82, 2.24) is 0 Å². The zero-order valence-electron chi connectivity index (χ0n) is 21.7. The van der Waals surface area contributed by atoms with E-state index in [0.29, 0.717) is 12.8 Å². The maximum absolute atomic E-state index is 6.53. The molecular weight excluding hydrogens is 856 g/mol. The van der Waals surface area contributed by atoms with E-state index in [1.807, 2.05) is 0 Å². The molecule has 0 heterocycles. The average Bonchev–Trinajstić information content (AvgIpc) is 2.82. The Balaban J connectivity index is 4.93. The van der Waals surface area contributed by atoms with Gasteiger partial charge in [-0.3, -0.25) is 0 Å². The number of unbranched alkanes of at least 4 members (excludes halogenated alkanes) is 13. The number of rotatable bonds is 21. The third-order valence-electron chi connectivity index (χ3n) is 6.56. The van der Waals surface area contributed by atoms with Crippen LogP contribution in [-0.4, -0.2) is 35.2 Å². The average molecular weight is 890 g/mol. The summed E-state index contributed by atoms with van der Waals surface area (Å²) in [5.41, 5.74) is 0. The summed E-state index contributed by atoms with van der Waals surface area (Å²) in [4.78, 5) is 0. The first-order valence-corrected chi connectivity index (χ1v) is 19.1. The second-order valence-electron chi connectivity index (χ2n) is 9.85. The van der Waals surface area contributed by atoms with Gasteiger partial charge in [0.2, 0.25) is 8.13 Å². The molecule has 0 aromatic carbocycles. The molecule has 0 fully saturated rings. The summed E-state index contributed by atoms with van der Waals surface area (Å²) in [6, 6.07) is 0. The summed E-state index contributed by atoms with van der Waals surface area (Å²) in [6.45, 7) is 2.23. The van der Waals surface area contributed by atoms with Gasteiger partial charge in [-0.2, -0.15) is 0 Å². The van der Waals surface area contributed by atoms with Crippen molar-refractivity contribution in [3.05, 3.63) is 0 Å². The van der Waals surface area contributed by atoms with Gasteiger partial charge in [0.15, 0.2) is 21.7 Å². The van der Waals surface area contributed by atoms with Crippen LogP contribution < -0.4 is 0 Å². The van der Waals surface area contributed by atoms with Crippen LogP contribution in [0.2, 0.25) is 0 Å². The monoisotopic (exact) mass is 882 g/mol. The fourth-order valence-electron chi connectivity index (χ4n) is 3.87. The van der Waals surface area contributed by atoms with Gasteiger partial charge in [-0.25, -0.2) is 0 Å². The largest absolute Gasteiger partial charge is 0.226 e. The Morgan fingerprint density at radius 3 is 0.975 bits per heavy atom. The summed E-state index contributed by atoms with van der Waals surface area (Å²) in [7, 11) is 0. The van der Waals surface area contributed by atoms with Crippen LogP contribution in [0, 0.1) is 0 Å². The molecule has 0 aromatic heterocycles. The molecule has 242 valence electrons. The smallest absolute Gasteiger partial charge is 0.120 e. The van der Waals surface area contributed by atoms with E-state index in [4.69, 9.17) is 186 Å². The van der Waals surface area contributed by atoms with Crippen LogP contribution >= 0.6 is 186 Å². The van der Waals surface area contributed by atoms with Crippen LogP contribution in [0.1, 0.15) is 103 Å². The lowest BCUT2D eigenvalue weighted by Crippen LogP contribution is -2.69. The summed E-state index contributed by atoms with van der Waals surface area (Å²) in [6.07, 6.45) is 17.0. The first-order valence-electron chi connectivity index (χ1n) is 13.0. The Bertz CT molecular complexity index is 714. The SMILES string of the molecule is CCCCCCCCCCCCCCCCC(Cl)C(Cl)(Cl)C(Cl)(Cl)C(Cl)(Cl)C(Cl)(Cl)C(Cl)(Cl)C(Cl)(Cl)C(Cl)(Cl)Cl. The highest BCUT2D eigenvalue weighted by Gasteiger charge is 2.79. The normalized spacial score (nSPS) is 15.5. The maximum atomic E-state index is 6.53. The van der Waals surface area contributed by atoms with E-state index < -0.39 is 35.2 Å². The Kier molecular flexibility index (Phi) is 21.2. The molecule has 1 atom stereocenters. The molecular formula is C24H34Cl16. The molecule has 0 aliphatic carbocycles. The predicted octanol–water partition coefficient (Wildman–Crippen LogP) is 15.9. The minimum Gasteiger partial charge on any atom is -0.120 e. The minimum atomic E-state index is -2.86. The van der Waals surface area contributed by atoms with Crippen LogP contribution in [0.5, 0.6) is 0 Å². The summed E-state index contributed by atoms with van der Waals surface area (Å²) >= 11 is 101. The molecule has 0 rings (SSSR count). The molecule has 16 heteroatoms. The lowest BCUT2D eigenvalue weighted by atomic mass is 10.00. The molecule has 0 saturated carbocycles. The number of halogens is 16. The van der Waals surface area contributed by atoms with Gasteiger partial charge < -0.3 is 0 Å². The summed E-state index contributed by atoms with van der Waals surface area (Å²) in [5.74, 6) is 0. The molecule has 0 spiro atoms. The Labute approximate surface area is 320 Å². The molecule has 0 saturated heterocycles. The molecule has 0 N–H and O–H groups in total. The zero-order chi connectivity index (χ0) is 31.7. The van der Waals surface area contributed by atoms with Crippen molar-refractivity contribution < 1.29 is 0 Å². The fourth-order valence-corrected chi connectivity index (χ4v) is 8.84. The molecule has 1 unspecified atom stereocenters. The van der Waals surface area contributed by atoms with E-state index in [1.54, 1.807) is 0 Å². The van der Waals surface area contributed by atoms with Crippen LogP contribution in [0.15, 0.2) is 0 Å². The zero-order valence-corrected chi connectivity index (χ0v) is 33.8. The van der Waals surface area contributed by atoms with Gasteiger partial charge in [0, 0.05) is 0 Å². The summed E-state index contributed by atoms with van der Waals surface area (Å²) < 4.78 is -18.6. The van der Waals surface area contributed by atoms with Crippen LogP contribution in [0.4, 0.5) is 0 Å². The molecule has 0 bridgehead atoms. The second-order valence-corrected chi connectivity index (χ2v) is 20.7. The molecule has 0 aliphatic rings. The quantitative estimate of drug-likeness (QED) is 0.0796. The van der Waals surface area contributed by atoms with Crippen molar-refractivity contribution in [2.45, 2.75) is 138 Å². The molecule has 40 heavy (non-hydrogen) atoms. The number of hydrogen-bond acceptors (Lipinski definition) is 0. The van der Waals surface area contributed by atoms with E-state index in [2.05, 4.69) is 6.92 Å². The van der Waals surface area contributed by atoms with E-state index in [-0.39, 0.29) is 0 Å². The van der Waals surface area contributed by atoms with E-state index >= 15 is 0 Å². The van der Waals surface area contributed by atoms with Gasteiger partial charge in [-0.1, -0.05) is 271 Å². The van der Waals surface area contributed by atoms with Crippen molar-refractivity contribution in [3.8, 4) is 0 Å². The molecule has 0 amide bonds. The van der Waals surface area contributed by atoms with Gasteiger partial charge in [0.05, 0.1) is 5.38 Å². The molecule has 0 aliphatic heterocycles. The highest BCUT2D eigenvalue weighted by Crippen LogP contribution is 2.71. The third-order valence-corrected chi connectivity index (χ3v) is 17.5. The van der Waals surface area contributed by atoms with E-state index in [9.17, 15) is 0 Å². The van der Waals surface area contributed by atoms with Crippen LogP contribution in [0.25, 0.3) is 0 Å². The van der Waals surface area contributed by atoms with Crippen molar-refractivity contribution in [2.24, 2.45) is 0 Å². The van der Waals surface area contributed by atoms with Gasteiger partial charge in [-0.05, 0) is 6.42 Å². The highest BCUT2D eigenvalue weighted by atomic mass is 35.6. The van der Waals surface area contributed by atoms with Crippen molar-refractivity contribution in [2.75, 3.05) is 0 Å². The fraction of sp³-hybridized carbons (Fsp3) is 1.00. The van der Waals surface area contributed by atoms with Gasteiger partial charge in [0.25, 0.3) is 0 Å². The maximum Gasteiger partial charge on any atom is 0.226 e. The van der Waals surface area contributed by atoms with E-state index in [0.717, 1.165) is 19.3 Å². The van der Waals surface area contributed by atoms with Crippen molar-refractivity contribution in [3.63, 3.8) is 0 Å². The Hall–Kier alpha value is 4.64. The standard InChI is InChI=1S/C24H34Cl16/c1-2-3-4-5-6-7-8-9-10-11-12-13-14-15-16-17(25)18(26,27)19(28,29)20(30,31)21(32,33)22(34,35)23(36,37)24(38,39)40/h17H,2-16H2,1H3. The third kappa shape index (κ3) is 11.4. The first-order chi connectivity index (χ1) is 18.0. The summed E-state index contributed by atoms with van der Waals surface area (Å²) in [5, 5.41) is -1.06. The van der Waals surface area contributed by atoms with Crippen molar-refractivity contribution >= 4 is 186 Å². The molecule has 0 aromatic rings. The van der Waals surface area contributed by atoms with Gasteiger partial charge in [-0.15, -0.1) is 11.6 Å². The second kappa shape index (κ2) is 19.0. The highest BCUT2D eigenvalue weighted by molar-refractivity contribution is 6.82. The number of hydrogen-bond donors (Lipinski definition) is 0.